The Balaban J connectivity index is 1.20. The van der Waals surface area contributed by atoms with E-state index < -0.39 is 6.10 Å². The molecule has 1 atom stereocenters. The van der Waals surface area contributed by atoms with Gasteiger partial charge in [0.15, 0.2) is 0 Å². The van der Waals surface area contributed by atoms with Crippen molar-refractivity contribution in [3.05, 3.63) is 59.4 Å². The number of hydrogen-bond acceptors (Lipinski definition) is 7. The number of pyridine rings is 1. The van der Waals surface area contributed by atoms with Gasteiger partial charge in [0.05, 0.1) is 18.8 Å². The Labute approximate surface area is 189 Å². The number of aromatic nitrogens is 1. The van der Waals surface area contributed by atoms with Crippen molar-refractivity contribution in [3.8, 4) is 0 Å². The van der Waals surface area contributed by atoms with Gasteiger partial charge in [0, 0.05) is 64.8 Å². The molecular formula is C24H33N5O3. The Bertz CT molecular complexity index is 903. The number of carbonyl (C=O) groups is 1. The number of ether oxygens (including phenoxy) is 1. The lowest BCUT2D eigenvalue weighted by molar-refractivity contribution is 0.0838. The van der Waals surface area contributed by atoms with E-state index in [1.54, 1.807) is 19.4 Å². The Hall–Kier alpha value is -2.52. The maximum atomic E-state index is 12.5. The lowest BCUT2D eigenvalue weighted by Crippen LogP contribution is -2.55. The number of aliphatic hydroxyl groups is 1. The van der Waals surface area contributed by atoms with Crippen LogP contribution in [-0.2, 0) is 17.7 Å². The first-order valence-electron chi connectivity index (χ1n) is 11.3. The van der Waals surface area contributed by atoms with Gasteiger partial charge in [0.25, 0.3) is 5.91 Å². The zero-order valence-corrected chi connectivity index (χ0v) is 18.7. The van der Waals surface area contributed by atoms with Gasteiger partial charge in [0.2, 0.25) is 0 Å². The van der Waals surface area contributed by atoms with E-state index in [9.17, 15) is 9.90 Å². The Morgan fingerprint density at radius 3 is 2.88 bits per heavy atom. The fourth-order valence-corrected chi connectivity index (χ4v) is 4.32. The number of methoxy groups -OCH3 is 1. The molecule has 0 saturated carbocycles. The third-order valence-corrected chi connectivity index (χ3v) is 6.11. The molecule has 0 spiro atoms. The van der Waals surface area contributed by atoms with Crippen molar-refractivity contribution in [1.29, 1.82) is 0 Å². The number of rotatable bonds is 10. The minimum absolute atomic E-state index is 0.202. The number of anilines is 1. The second-order valence-corrected chi connectivity index (χ2v) is 8.64. The van der Waals surface area contributed by atoms with Crippen LogP contribution in [0.3, 0.4) is 0 Å². The van der Waals surface area contributed by atoms with Crippen LogP contribution in [0.15, 0.2) is 42.6 Å². The van der Waals surface area contributed by atoms with E-state index in [0.29, 0.717) is 18.3 Å². The smallest absolute Gasteiger partial charge is 0.270 e. The molecule has 1 aromatic carbocycles. The van der Waals surface area contributed by atoms with E-state index in [0.717, 1.165) is 51.4 Å². The monoisotopic (exact) mass is 439 g/mol. The fourth-order valence-electron chi connectivity index (χ4n) is 4.32. The predicted octanol–water partition coefficient (Wildman–Crippen LogP) is 0.973. The first-order chi connectivity index (χ1) is 15.6. The SMILES string of the molecule is COCCN1CC(Nc2ccnc(C(=O)NCC(O)CN3CCc4ccccc4C3)c2)C1. The third kappa shape index (κ3) is 6.04. The lowest BCUT2D eigenvalue weighted by Gasteiger charge is -2.40. The van der Waals surface area contributed by atoms with Crippen LogP contribution >= 0.6 is 0 Å². The molecular weight excluding hydrogens is 406 g/mol. The minimum Gasteiger partial charge on any atom is -0.390 e. The number of carbonyl (C=O) groups excluding carboxylic acids is 1. The molecule has 1 amide bonds. The van der Waals surface area contributed by atoms with Crippen LogP contribution in [0.1, 0.15) is 21.6 Å². The largest absolute Gasteiger partial charge is 0.390 e. The molecule has 2 aromatic rings. The van der Waals surface area contributed by atoms with Gasteiger partial charge in [-0.1, -0.05) is 24.3 Å². The predicted molar refractivity (Wildman–Crippen MR) is 124 cm³/mol. The van der Waals surface area contributed by atoms with E-state index in [2.05, 4.69) is 49.7 Å². The van der Waals surface area contributed by atoms with Crippen molar-refractivity contribution in [2.24, 2.45) is 0 Å². The van der Waals surface area contributed by atoms with Crippen molar-refractivity contribution in [2.75, 3.05) is 58.3 Å². The first kappa shape index (κ1) is 22.7. The molecule has 1 unspecified atom stereocenters. The fraction of sp³-hybridized carbons (Fsp3) is 0.500. The molecule has 2 aliphatic heterocycles. The van der Waals surface area contributed by atoms with Gasteiger partial charge in [-0.2, -0.15) is 0 Å². The number of aliphatic hydroxyl groups excluding tert-OH is 1. The zero-order valence-electron chi connectivity index (χ0n) is 18.7. The van der Waals surface area contributed by atoms with E-state index >= 15 is 0 Å². The summed E-state index contributed by atoms with van der Waals surface area (Å²) in [7, 11) is 1.71. The van der Waals surface area contributed by atoms with E-state index in [-0.39, 0.29) is 12.5 Å². The maximum absolute atomic E-state index is 12.5. The summed E-state index contributed by atoms with van der Waals surface area (Å²) in [5, 5.41) is 16.7. The molecule has 4 rings (SSSR count). The van der Waals surface area contributed by atoms with Gasteiger partial charge in [0.1, 0.15) is 5.69 Å². The number of likely N-dealkylation sites (tertiary alicyclic amines) is 1. The van der Waals surface area contributed by atoms with Crippen molar-refractivity contribution in [1.82, 2.24) is 20.1 Å². The van der Waals surface area contributed by atoms with Crippen LogP contribution in [0, 0.1) is 0 Å². The van der Waals surface area contributed by atoms with Gasteiger partial charge >= 0.3 is 0 Å². The maximum Gasteiger partial charge on any atom is 0.270 e. The summed E-state index contributed by atoms with van der Waals surface area (Å²) in [5.41, 5.74) is 3.94. The van der Waals surface area contributed by atoms with Gasteiger partial charge in [-0.05, 0) is 29.7 Å². The lowest BCUT2D eigenvalue weighted by atomic mass is 10.00. The molecule has 8 heteroatoms. The standard InChI is InChI=1S/C24H33N5O3/c1-32-11-10-29-15-21(16-29)27-20-6-8-25-23(12-20)24(31)26-13-22(30)17-28-9-7-18-4-2-3-5-19(18)14-28/h2-6,8,12,21-22,30H,7,9-11,13-17H2,1H3,(H,25,27)(H,26,31). The molecule has 1 saturated heterocycles. The minimum atomic E-state index is -0.626. The van der Waals surface area contributed by atoms with Crippen molar-refractivity contribution < 1.29 is 14.6 Å². The topological polar surface area (TPSA) is 90.0 Å². The Morgan fingerprint density at radius 2 is 2.06 bits per heavy atom. The molecule has 0 bridgehead atoms. The Morgan fingerprint density at radius 1 is 1.25 bits per heavy atom. The highest BCUT2D eigenvalue weighted by Crippen LogP contribution is 2.18. The quantitative estimate of drug-likeness (QED) is 0.508. The number of benzene rings is 1. The Kier molecular flexibility index (Phi) is 7.70. The normalized spacial score (nSPS) is 17.9. The summed E-state index contributed by atoms with van der Waals surface area (Å²) in [5.74, 6) is -0.271. The van der Waals surface area contributed by atoms with Crippen LogP contribution in [-0.4, -0.2) is 90.9 Å². The van der Waals surface area contributed by atoms with Crippen LogP contribution in [0.4, 0.5) is 5.69 Å². The van der Waals surface area contributed by atoms with Gasteiger partial charge in [-0.3, -0.25) is 19.6 Å². The highest BCUT2D eigenvalue weighted by atomic mass is 16.5. The average molecular weight is 440 g/mol. The highest BCUT2D eigenvalue weighted by molar-refractivity contribution is 5.93. The molecule has 0 radical (unpaired) electrons. The van der Waals surface area contributed by atoms with Crippen molar-refractivity contribution in [3.63, 3.8) is 0 Å². The van der Waals surface area contributed by atoms with E-state index in [1.807, 2.05) is 6.07 Å². The highest BCUT2D eigenvalue weighted by Gasteiger charge is 2.26. The molecule has 3 heterocycles. The van der Waals surface area contributed by atoms with E-state index in [1.165, 1.54) is 11.1 Å². The van der Waals surface area contributed by atoms with Crippen LogP contribution < -0.4 is 10.6 Å². The van der Waals surface area contributed by atoms with Crippen LogP contribution in [0.25, 0.3) is 0 Å². The molecule has 172 valence electrons. The van der Waals surface area contributed by atoms with Gasteiger partial charge < -0.3 is 20.5 Å². The summed E-state index contributed by atoms with van der Waals surface area (Å²) in [6, 6.07) is 12.4. The number of nitrogens with zero attached hydrogens (tertiary/aromatic N) is 3. The molecule has 32 heavy (non-hydrogen) atoms. The summed E-state index contributed by atoms with van der Waals surface area (Å²) in [6.07, 6.45) is 2.00. The summed E-state index contributed by atoms with van der Waals surface area (Å²) < 4.78 is 5.10. The van der Waals surface area contributed by atoms with Crippen molar-refractivity contribution in [2.45, 2.75) is 25.1 Å². The average Bonchev–Trinajstić information content (AvgIpc) is 2.79. The van der Waals surface area contributed by atoms with E-state index in [4.69, 9.17) is 4.74 Å². The summed E-state index contributed by atoms with van der Waals surface area (Å²) in [4.78, 5) is 21.3. The molecule has 3 N–H and O–H groups in total. The molecule has 1 aromatic heterocycles. The number of fused-ring (bicyclic) bond motifs is 1. The number of hydrogen-bond donors (Lipinski definition) is 3. The third-order valence-electron chi connectivity index (χ3n) is 6.11. The molecule has 0 aliphatic carbocycles. The number of amides is 1. The molecule has 1 fully saturated rings. The number of nitrogens with one attached hydrogen (secondary N) is 2. The van der Waals surface area contributed by atoms with Crippen LogP contribution in [0.5, 0.6) is 0 Å². The zero-order chi connectivity index (χ0) is 22.3. The van der Waals surface area contributed by atoms with Gasteiger partial charge in [-0.15, -0.1) is 0 Å². The van der Waals surface area contributed by atoms with Gasteiger partial charge in [-0.25, -0.2) is 0 Å². The molecule has 2 aliphatic rings. The van der Waals surface area contributed by atoms with Crippen LogP contribution in [0.2, 0.25) is 0 Å². The molecule has 8 nitrogen and oxygen atoms in total. The second kappa shape index (κ2) is 10.9. The summed E-state index contributed by atoms with van der Waals surface area (Å²) >= 11 is 0. The summed E-state index contributed by atoms with van der Waals surface area (Å²) in [6.45, 7) is 6.08. The number of β-amino-alcohol motifs (C(OH)–C–C–N with tert-alkyl or cyclic N) is 1. The second-order valence-electron chi connectivity index (χ2n) is 8.64. The van der Waals surface area contributed by atoms with Crippen molar-refractivity contribution >= 4 is 11.6 Å². The first-order valence-corrected chi connectivity index (χ1v) is 11.3.